The van der Waals surface area contributed by atoms with Gasteiger partial charge >= 0.3 is 0 Å². The highest BCUT2D eigenvalue weighted by Crippen LogP contribution is 2.41. The summed E-state index contributed by atoms with van der Waals surface area (Å²) in [5.41, 5.74) is 4.25. The van der Waals surface area contributed by atoms with Crippen LogP contribution in [0.25, 0.3) is 0 Å². The Morgan fingerprint density at radius 2 is 1.73 bits per heavy atom. The van der Waals surface area contributed by atoms with Gasteiger partial charge in [-0.25, -0.2) is 0 Å². The monoisotopic (exact) mass is 360 g/mol. The topological polar surface area (TPSA) is 52.9 Å². The van der Waals surface area contributed by atoms with Crippen LogP contribution in [0.3, 0.4) is 0 Å². The van der Waals surface area contributed by atoms with Crippen molar-refractivity contribution in [2.75, 3.05) is 0 Å². The first-order chi connectivity index (χ1) is 12.6. The number of benzene rings is 2. The minimum Gasteiger partial charge on any atom is -0.353 e. The number of ketones is 1. The zero-order chi connectivity index (χ0) is 18.5. The molecule has 3 rings (SSSR count). The highest BCUT2D eigenvalue weighted by atomic mass is 32.2. The number of nitrogens with one attached hydrogen (secondary N) is 1. The lowest BCUT2D eigenvalue weighted by atomic mass is 9.81. The fourth-order valence-corrected chi connectivity index (χ4v) is 4.25. The highest BCUT2D eigenvalue weighted by Gasteiger charge is 2.32. The predicted octanol–water partition coefficient (Wildman–Crippen LogP) is 4.90. The third-order valence-corrected chi connectivity index (χ3v) is 5.47. The Balaban J connectivity index is 2.00. The van der Waals surface area contributed by atoms with Crippen molar-refractivity contribution in [1.82, 2.24) is 5.32 Å². The van der Waals surface area contributed by atoms with Crippen LogP contribution in [0.5, 0.6) is 0 Å². The number of dihydropyridines is 1. The maximum Gasteiger partial charge on any atom is 0.158 e. The standard InChI is InChI=1S/C22H20N2OS/c1-15-20(16(2)25)21(18-11-7-4-8-12-18)19(13-23)22(24-15)26-14-17-9-5-3-6-10-17/h3-12,21,24H,14H2,1-2H3. The fourth-order valence-electron chi connectivity index (χ4n) is 3.20. The third-order valence-electron chi connectivity index (χ3n) is 4.39. The lowest BCUT2D eigenvalue weighted by Crippen LogP contribution is -2.27. The van der Waals surface area contributed by atoms with Crippen molar-refractivity contribution in [1.29, 1.82) is 5.26 Å². The largest absolute Gasteiger partial charge is 0.353 e. The summed E-state index contributed by atoms with van der Waals surface area (Å²) in [5.74, 6) is 0.431. The predicted molar refractivity (Wildman–Crippen MR) is 106 cm³/mol. The Kier molecular flexibility index (Phi) is 5.60. The van der Waals surface area contributed by atoms with E-state index < -0.39 is 0 Å². The normalized spacial score (nSPS) is 16.9. The summed E-state index contributed by atoms with van der Waals surface area (Å²) in [6, 6.07) is 22.3. The molecule has 0 amide bonds. The number of thioether (sulfide) groups is 1. The van der Waals surface area contributed by atoms with Crippen LogP contribution < -0.4 is 5.32 Å². The first-order valence-electron chi connectivity index (χ1n) is 8.46. The van der Waals surface area contributed by atoms with E-state index in [9.17, 15) is 10.1 Å². The van der Waals surface area contributed by atoms with Gasteiger partial charge in [-0.2, -0.15) is 5.26 Å². The molecule has 2 aromatic carbocycles. The summed E-state index contributed by atoms with van der Waals surface area (Å²) in [4.78, 5) is 12.3. The van der Waals surface area contributed by atoms with E-state index >= 15 is 0 Å². The Hall–Kier alpha value is -2.77. The van der Waals surface area contributed by atoms with Crippen LogP contribution in [0.1, 0.15) is 30.9 Å². The van der Waals surface area contributed by atoms with Crippen LogP contribution in [-0.2, 0) is 10.5 Å². The summed E-state index contributed by atoms with van der Waals surface area (Å²) in [6.45, 7) is 3.47. The van der Waals surface area contributed by atoms with Gasteiger partial charge in [-0.15, -0.1) is 11.8 Å². The molecule has 1 N–H and O–H groups in total. The quantitative estimate of drug-likeness (QED) is 0.823. The zero-order valence-corrected chi connectivity index (χ0v) is 15.6. The summed E-state index contributed by atoms with van der Waals surface area (Å²) in [5, 5.41) is 14.0. The molecular weight excluding hydrogens is 340 g/mol. The summed E-state index contributed by atoms with van der Waals surface area (Å²) in [6.07, 6.45) is 0. The molecule has 3 nitrogen and oxygen atoms in total. The number of Topliss-reactive ketones (excluding diaryl/α,β-unsaturated/α-hetero) is 1. The van der Waals surface area contributed by atoms with Crippen molar-refractivity contribution in [2.45, 2.75) is 25.5 Å². The van der Waals surface area contributed by atoms with E-state index in [1.807, 2.05) is 55.5 Å². The second-order valence-corrected chi connectivity index (χ2v) is 7.18. The molecule has 1 aliphatic heterocycles. The van der Waals surface area contributed by atoms with Crippen molar-refractivity contribution in [3.8, 4) is 6.07 Å². The van der Waals surface area contributed by atoms with E-state index in [0.717, 1.165) is 22.0 Å². The van der Waals surface area contributed by atoms with Crippen LogP contribution in [0.2, 0.25) is 0 Å². The first-order valence-corrected chi connectivity index (χ1v) is 9.45. The van der Waals surface area contributed by atoms with Gasteiger partial charge in [-0.05, 0) is 25.0 Å². The molecule has 0 aliphatic carbocycles. The maximum absolute atomic E-state index is 12.3. The van der Waals surface area contributed by atoms with Crippen LogP contribution in [0, 0.1) is 11.3 Å². The fraction of sp³-hybridized carbons (Fsp3) is 0.182. The van der Waals surface area contributed by atoms with Gasteiger partial charge in [0.1, 0.15) is 0 Å². The molecular formula is C22H20N2OS. The molecule has 0 aromatic heterocycles. The molecule has 1 atom stereocenters. The lowest BCUT2D eigenvalue weighted by Gasteiger charge is -2.29. The Labute approximate surface area is 158 Å². The molecule has 1 heterocycles. The summed E-state index contributed by atoms with van der Waals surface area (Å²) < 4.78 is 0. The van der Waals surface area contributed by atoms with Crippen LogP contribution >= 0.6 is 11.8 Å². The molecule has 0 bridgehead atoms. The number of carbonyl (C=O) groups is 1. The van der Waals surface area contributed by atoms with E-state index in [1.54, 1.807) is 18.7 Å². The van der Waals surface area contributed by atoms with E-state index in [2.05, 4.69) is 23.5 Å². The van der Waals surface area contributed by atoms with Crippen LogP contribution in [0.15, 0.2) is 82.5 Å². The number of hydrogen-bond acceptors (Lipinski definition) is 4. The maximum atomic E-state index is 12.3. The minimum absolute atomic E-state index is 0.0105. The van der Waals surface area contributed by atoms with E-state index in [0.29, 0.717) is 11.1 Å². The second-order valence-electron chi connectivity index (χ2n) is 6.19. The second kappa shape index (κ2) is 8.07. The molecule has 4 heteroatoms. The minimum atomic E-state index is -0.321. The molecule has 0 fully saturated rings. The van der Waals surface area contributed by atoms with Crippen molar-refractivity contribution >= 4 is 17.5 Å². The number of rotatable bonds is 5. The first kappa shape index (κ1) is 18.0. The Bertz CT molecular complexity index is 908. The SMILES string of the molecule is CC(=O)C1=C(C)NC(SCc2ccccc2)=C(C#N)C1c1ccccc1. The van der Waals surface area contributed by atoms with E-state index in [4.69, 9.17) is 0 Å². The van der Waals surface area contributed by atoms with Crippen LogP contribution in [-0.4, -0.2) is 5.78 Å². The van der Waals surface area contributed by atoms with Gasteiger partial charge in [0, 0.05) is 17.0 Å². The Morgan fingerprint density at radius 1 is 1.12 bits per heavy atom. The van der Waals surface area contributed by atoms with Crippen molar-refractivity contribution in [2.24, 2.45) is 0 Å². The van der Waals surface area contributed by atoms with Gasteiger partial charge in [-0.3, -0.25) is 4.79 Å². The summed E-state index contributed by atoms with van der Waals surface area (Å²) in [7, 11) is 0. The van der Waals surface area contributed by atoms with Crippen molar-refractivity contribution in [3.63, 3.8) is 0 Å². The van der Waals surface area contributed by atoms with Crippen molar-refractivity contribution < 1.29 is 4.79 Å². The van der Waals surface area contributed by atoms with Crippen LogP contribution in [0.4, 0.5) is 0 Å². The van der Waals surface area contributed by atoms with Gasteiger partial charge in [0.05, 0.1) is 22.6 Å². The molecule has 0 saturated carbocycles. The molecule has 2 aromatic rings. The molecule has 1 unspecified atom stereocenters. The smallest absolute Gasteiger partial charge is 0.158 e. The summed E-state index contributed by atoms with van der Waals surface area (Å²) >= 11 is 1.60. The number of nitrogens with zero attached hydrogens (tertiary/aromatic N) is 1. The Morgan fingerprint density at radius 3 is 2.31 bits per heavy atom. The highest BCUT2D eigenvalue weighted by molar-refractivity contribution is 8.02. The molecule has 0 radical (unpaired) electrons. The zero-order valence-electron chi connectivity index (χ0n) is 14.8. The average molecular weight is 360 g/mol. The molecule has 0 saturated heterocycles. The van der Waals surface area contributed by atoms with Gasteiger partial charge in [0.2, 0.25) is 0 Å². The number of nitriles is 1. The van der Waals surface area contributed by atoms with E-state index in [-0.39, 0.29) is 11.7 Å². The molecule has 1 aliphatic rings. The van der Waals surface area contributed by atoms with Gasteiger partial charge in [0.15, 0.2) is 5.78 Å². The number of hydrogen-bond donors (Lipinski definition) is 1. The van der Waals surface area contributed by atoms with Gasteiger partial charge in [0.25, 0.3) is 0 Å². The third kappa shape index (κ3) is 3.74. The van der Waals surface area contributed by atoms with Gasteiger partial charge < -0.3 is 5.32 Å². The lowest BCUT2D eigenvalue weighted by molar-refractivity contribution is -0.113. The molecule has 0 spiro atoms. The van der Waals surface area contributed by atoms with E-state index in [1.165, 1.54) is 5.56 Å². The van der Waals surface area contributed by atoms with Gasteiger partial charge in [-0.1, -0.05) is 60.7 Å². The molecule has 26 heavy (non-hydrogen) atoms. The number of allylic oxidation sites excluding steroid dienone is 3. The number of carbonyl (C=O) groups excluding carboxylic acids is 1. The van der Waals surface area contributed by atoms with Crippen molar-refractivity contribution in [3.05, 3.63) is 93.7 Å². The average Bonchev–Trinajstić information content (AvgIpc) is 2.67. The molecule has 130 valence electrons.